The zero-order valence-corrected chi connectivity index (χ0v) is 10.4. The Morgan fingerprint density at radius 2 is 1.94 bits per heavy atom. The Balaban J connectivity index is 2.63. The standard InChI is InChI=1S/C11H17NO6/c1-3-17-8(14)6-12-5-7(13)9(10(12)15)11(16)18-4-2/h7,9,13H,3-6H2,1-2H3/t7-,9+/m1/s1. The number of hydrogen-bond acceptors (Lipinski definition) is 6. The number of carbonyl (C=O) groups is 3. The van der Waals surface area contributed by atoms with Crippen LogP contribution in [-0.2, 0) is 23.9 Å². The van der Waals surface area contributed by atoms with Crippen LogP contribution in [0, 0.1) is 5.92 Å². The fraction of sp³-hybridized carbons (Fsp3) is 0.727. The molecule has 1 N–H and O–H groups in total. The molecule has 7 nitrogen and oxygen atoms in total. The lowest BCUT2D eigenvalue weighted by molar-refractivity contribution is -0.156. The van der Waals surface area contributed by atoms with Gasteiger partial charge in [-0.25, -0.2) is 0 Å². The predicted molar refractivity (Wildman–Crippen MR) is 59.3 cm³/mol. The smallest absolute Gasteiger partial charge is 0.325 e. The summed E-state index contributed by atoms with van der Waals surface area (Å²) in [6, 6.07) is 0. The van der Waals surface area contributed by atoms with Crippen molar-refractivity contribution in [1.82, 2.24) is 4.90 Å². The predicted octanol–water partition coefficient (Wildman–Crippen LogP) is -1.07. The Hall–Kier alpha value is -1.63. The van der Waals surface area contributed by atoms with Crippen LogP contribution >= 0.6 is 0 Å². The number of aliphatic hydroxyl groups is 1. The van der Waals surface area contributed by atoms with Gasteiger partial charge in [0.05, 0.1) is 19.3 Å². The number of carbonyl (C=O) groups excluding carboxylic acids is 3. The van der Waals surface area contributed by atoms with E-state index in [4.69, 9.17) is 9.47 Å². The second-order valence-electron chi connectivity index (χ2n) is 3.82. The Labute approximate surface area is 105 Å². The monoisotopic (exact) mass is 259 g/mol. The average Bonchev–Trinajstić information content (AvgIpc) is 2.54. The van der Waals surface area contributed by atoms with E-state index in [-0.39, 0.29) is 26.3 Å². The van der Waals surface area contributed by atoms with Crippen molar-refractivity contribution in [2.24, 2.45) is 5.92 Å². The SMILES string of the molecule is CCOC(=O)CN1C[C@@H](O)[C@H](C(=O)OCC)C1=O. The fourth-order valence-corrected chi connectivity index (χ4v) is 1.78. The highest BCUT2D eigenvalue weighted by Crippen LogP contribution is 2.20. The lowest BCUT2D eigenvalue weighted by atomic mass is 10.1. The van der Waals surface area contributed by atoms with Crippen molar-refractivity contribution in [2.75, 3.05) is 26.3 Å². The second kappa shape index (κ2) is 6.34. The van der Waals surface area contributed by atoms with Gasteiger partial charge in [-0.1, -0.05) is 0 Å². The topological polar surface area (TPSA) is 93.1 Å². The average molecular weight is 259 g/mol. The zero-order valence-electron chi connectivity index (χ0n) is 10.4. The van der Waals surface area contributed by atoms with E-state index in [1.165, 1.54) is 0 Å². The van der Waals surface area contributed by atoms with Gasteiger partial charge in [0.25, 0.3) is 0 Å². The highest BCUT2D eigenvalue weighted by atomic mass is 16.5. The van der Waals surface area contributed by atoms with Crippen LogP contribution in [0.4, 0.5) is 0 Å². The van der Waals surface area contributed by atoms with Gasteiger partial charge >= 0.3 is 11.9 Å². The van der Waals surface area contributed by atoms with Crippen molar-refractivity contribution in [3.05, 3.63) is 0 Å². The third kappa shape index (κ3) is 3.19. The first kappa shape index (κ1) is 14.4. The van der Waals surface area contributed by atoms with Gasteiger partial charge in [-0.15, -0.1) is 0 Å². The summed E-state index contributed by atoms with van der Waals surface area (Å²) >= 11 is 0. The summed E-state index contributed by atoms with van der Waals surface area (Å²) in [5.41, 5.74) is 0. The maximum absolute atomic E-state index is 11.8. The third-order valence-corrected chi connectivity index (χ3v) is 2.54. The summed E-state index contributed by atoms with van der Waals surface area (Å²) in [6.07, 6.45) is -1.15. The molecule has 102 valence electrons. The van der Waals surface area contributed by atoms with Gasteiger partial charge in [-0.05, 0) is 13.8 Å². The number of nitrogens with zero attached hydrogens (tertiary/aromatic N) is 1. The normalized spacial score (nSPS) is 23.1. The van der Waals surface area contributed by atoms with Crippen molar-refractivity contribution >= 4 is 17.8 Å². The molecule has 2 atom stereocenters. The molecule has 0 saturated carbocycles. The van der Waals surface area contributed by atoms with Crippen molar-refractivity contribution in [3.63, 3.8) is 0 Å². The van der Waals surface area contributed by atoms with E-state index in [1.807, 2.05) is 0 Å². The van der Waals surface area contributed by atoms with E-state index in [9.17, 15) is 19.5 Å². The maximum Gasteiger partial charge on any atom is 0.325 e. The van der Waals surface area contributed by atoms with Crippen LogP contribution in [0.25, 0.3) is 0 Å². The summed E-state index contributed by atoms with van der Waals surface area (Å²) in [6.45, 7) is 3.28. The van der Waals surface area contributed by atoms with Crippen LogP contribution in [0.15, 0.2) is 0 Å². The minimum atomic E-state index is -1.24. The number of amides is 1. The maximum atomic E-state index is 11.8. The lowest BCUT2D eigenvalue weighted by Crippen LogP contribution is -2.36. The van der Waals surface area contributed by atoms with Gasteiger partial charge in [-0.2, -0.15) is 0 Å². The molecule has 0 unspecified atom stereocenters. The second-order valence-corrected chi connectivity index (χ2v) is 3.82. The van der Waals surface area contributed by atoms with Crippen LogP contribution in [0.1, 0.15) is 13.8 Å². The van der Waals surface area contributed by atoms with Crippen LogP contribution in [0.3, 0.4) is 0 Å². The number of esters is 2. The van der Waals surface area contributed by atoms with E-state index in [0.717, 1.165) is 4.90 Å². The molecule has 1 heterocycles. The Bertz CT molecular complexity index is 342. The highest BCUT2D eigenvalue weighted by molar-refractivity contribution is 6.01. The molecule has 0 aliphatic carbocycles. The van der Waals surface area contributed by atoms with Crippen LogP contribution in [0.5, 0.6) is 0 Å². The molecular weight excluding hydrogens is 242 g/mol. The van der Waals surface area contributed by atoms with Gasteiger partial charge in [0.15, 0.2) is 5.92 Å². The molecular formula is C11H17NO6. The molecule has 1 aliphatic heterocycles. The van der Waals surface area contributed by atoms with Crippen molar-refractivity contribution < 1.29 is 29.0 Å². The number of aliphatic hydroxyl groups excluding tert-OH is 1. The van der Waals surface area contributed by atoms with Gasteiger partial charge in [0.2, 0.25) is 5.91 Å². The number of ether oxygens (including phenoxy) is 2. The molecule has 7 heteroatoms. The van der Waals surface area contributed by atoms with Gasteiger partial charge in [0, 0.05) is 6.54 Å². The molecule has 0 radical (unpaired) electrons. The molecule has 0 aromatic heterocycles. The first-order chi connectivity index (χ1) is 8.51. The number of β-amino-alcohol motifs (C(OH)–C–C–N with tert-alkyl or cyclic N) is 1. The van der Waals surface area contributed by atoms with Crippen molar-refractivity contribution in [2.45, 2.75) is 20.0 Å². The molecule has 1 fully saturated rings. The first-order valence-corrected chi connectivity index (χ1v) is 5.80. The van der Waals surface area contributed by atoms with Gasteiger partial charge in [0.1, 0.15) is 6.54 Å². The minimum absolute atomic E-state index is 0.0683. The van der Waals surface area contributed by atoms with E-state index in [0.29, 0.717) is 0 Å². The number of rotatable bonds is 5. The van der Waals surface area contributed by atoms with E-state index < -0.39 is 29.9 Å². The first-order valence-electron chi connectivity index (χ1n) is 5.80. The highest BCUT2D eigenvalue weighted by Gasteiger charge is 2.45. The van der Waals surface area contributed by atoms with Crippen molar-refractivity contribution in [1.29, 1.82) is 0 Å². The fourth-order valence-electron chi connectivity index (χ4n) is 1.78. The largest absolute Gasteiger partial charge is 0.465 e. The van der Waals surface area contributed by atoms with E-state index >= 15 is 0 Å². The molecule has 1 amide bonds. The minimum Gasteiger partial charge on any atom is -0.465 e. The Morgan fingerprint density at radius 3 is 2.50 bits per heavy atom. The Kier molecular flexibility index (Phi) is 5.08. The molecule has 1 aliphatic rings. The van der Waals surface area contributed by atoms with Gasteiger partial charge in [-0.3, -0.25) is 14.4 Å². The molecule has 0 bridgehead atoms. The molecule has 0 aromatic carbocycles. The summed E-state index contributed by atoms with van der Waals surface area (Å²) in [5, 5.41) is 9.65. The number of likely N-dealkylation sites (tertiary alicyclic amines) is 1. The lowest BCUT2D eigenvalue weighted by Gasteiger charge is -2.14. The summed E-state index contributed by atoms with van der Waals surface area (Å²) in [7, 11) is 0. The third-order valence-electron chi connectivity index (χ3n) is 2.54. The molecule has 0 aromatic rings. The molecule has 18 heavy (non-hydrogen) atoms. The summed E-state index contributed by atoms with van der Waals surface area (Å²) in [5.74, 6) is -3.17. The van der Waals surface area contributed by atoms with Crippen LogP contribution in [0.2, 0.25) is 0 Å². The van der Waals surface area contributed by atoms with Gasteiger partial charge < -0.3 is 19.5 Å². The molecule has 1 saturated heterocycles. The summed E-state index contributed by atoms with van der Waals surface area (Å²) < 4.78 is 9.40. The van der Waals surface area contributed by atoms with Crippen LogP contribution in [-0.4, -0.2) is 60.3 Å². The number of hydrogen-bond donors (Lipinski definition) is 1. The summed E-state index contributed by atoms with van der Waals surface area (Å²) in [4.78, 5) is 35.6. The quantitative estimate of drug-likeness (QED) is 0.499. The van der Waals surface area contributed by atoms with E-state index in [2.05, 4.69) is 0 Å². The zero-order chi connectivity index (χ0) is 13.7. The van der Waals surface area contributed by atoms with Crippen LogP contribution < -0.4 is 0 Å². The van der Waals surface area contributed by atoms with Crippen molar-refractivity contribution in [3.8, 4) is 0 Å². The van der Waals surface area contributed by atoms with E-state index in [1.54, 1.807) is 13.8 Å². The molecule has 0 spiro atoms. The Morgan fingerprint density at radius 1 is 1.33 bits per heavy atom. The molecule has 1 rings (SSSR count).